The van der Waals surface area contributed by atoms with Crippen molar-refractivity contribution < 1.29 is 19.4 Å². The van der Waals surface area contributed by atoms with Crippen molar-refractivity contribution in [2.75, 3.05) is 6.61 Å². The van der Waals surface area contributed by atoms with Gasteiger partial charge in [0.25, 0.3) is 5.91 Å². The minimum Gasteiger partial charge on any atom is -0.491 e. The highest BCUT2D eigenvalue weighted by Gasteiger charge is 2.18. The molecule has 1 amide bonds. The van der Waals surface area contributed by atoms with Crippen molar-refractivity contribution in [2.45, 2.75) is 12.5 Å². The Balaban J connectivity index is 2.03. The van der Waals surface area contributed by atoms with Crippen molar-refractivity contribution in [3.8, 4) is 17.9 Å². The average Bonchev–Trinajstić information content (AvgIpc) is 2.66. The molecule has 7 nitrogen and oxygen atoms in total. The van der Waals surface area contributed by atoms with E-state index in [0.29, 0.717) is 22.4 Å². The highest BCUT2D eigenvalue weighted by atomic mass is 16.5. The molecule has 0 fully saturated rings. The molecule has 0 aliphatic rings. The lowest BCUT2D eigenvalue weighted by molar-refractivity contribution is -0.137. The minimum atomic E-state index is -1.08. The third-order valence-corrected chi connectivity index (χ3v) is 3.45. The van der Waals surface area contributed by atoms with Crippen molar-refractivity contribution in [3.05, 3.63) is 65.2 Å². The van der Waals surface area contributed by atoms with Gasteiger partial charge in [-0.2, -0.15) is 10.5 Å². The maximum Gasteiger partial charge on any atom is 0.305 e. The highest BCUT2D eigenvalue weighted by molar-refractivity contribution is 5.94. The summed E-state index contributed by atoms with van der Waals surface area (Å²) in [4.78, 5) is 23.3. The number of ether oxygens (including phenoxy) is 1. The van der Waals surface area contributed by atoms with E-state index in [1.807, 2.05) is 12.1 Å². The first-order chi connectivity index (χ1) is 12.5. The highest BCUT2D eigenvalue weighted by Crippen LogP contribution is 2.13. The van der Waals surface area contributed by atoms with Crippen LogP contribution < -0.4 is 10.1 Å². The molecular formula is C19H15N3O4. The molecule has 2 aromatic rings. The number of rotatable bonds is 7. The molecule has 0 bridgehead atoms. The first kappa shape index (κ1) is 18.5. The van der Waals surface area contributed by atoms with Crippen LogP contribution in [0.25, 0.3) is 0 Å². The van der Waals surface area contributed by atoms with Gasteiger partial charge in [-0.3, -0.25) is 9.59 Å². The van der Waals surface area contributed by atoms with Gasteiger partial charge in [-0.05, 0) is 42.5 Å². The first-order valence-corrected chi connectivity index (χ1v) is 7.67. The number of carboxylic acid groups (broad SMARTS) is 1. The molecular weight excluding hydrogens is 334 g/mol. The molecule has 0 aliphatic heterocycles. The van der Waals surface area contributed by atoms with E-state index in [0.717, 1.165) is 0 Å². The largest absolute Gasteiger partial charge is 0.491 e. The second-order valence-electron chi connectivity index (χ2n) is 5.41. The van der Waals surface area contributed by atoms with Gasteiger partial charge in [0, 0.05) is 5.56 Å². The van der Waals surface area contributed by atoms with Gasteiger partial charge in [0.15, 0.2) is 0 Å². The van der Waals surface area contributed by atoms with E-state index in [-0.39, 0.29) is 13.0 Å². The van der Waals surface area contributed by atoms with Gasteiger partial charge in [0.05, 0.1) is 35.7 Å². The van der Waals surface area contributed by atoms with Crippen LogP contribution in [0.5, 0.6) is 5.75 Å². The molecule has 26 heavy (non-hydrogen) atoms. The van der Waals surface area contributed by atoms with Crippen molar-refractivity contribution in [1.29, 1.82) is 10.5 Å². The lowest BCUT2D eigenvalue weighted by Gasteiger charge is -2.18. The van der Waals surface area contributed by atoms with Crippen LogP contribution in [0.3, 0.4) is 0 Å². The van der Waals surface area contributed by atoms with Crippen LogP contribution >= 0.6 is 0 Å². The summed E-state index contributed by atoms with van der Waals surface area (Å²) in [6.07, 6.45) is -0.319. The molecule has 130 valence electrons. The molecule has 2 aromatic carbocycles. The predicted octanol–water partition coefficient (Wildman–Crippen LogP) is 2.08. The van der Waals surface area contributed by atoms with E-state index in [1.165, 1.54) is 30.3 Å². The Kier molecular flexibility index (Phi) is 6.30. The zero-order valence-electron chi connectivity index (χ0n) is 13.7. The van der Waals surface area contributed by atoms with Crippen LogP contribution in [0.2, 0.25) is 0 Å². The first-order valence-electron chi connectivity index (χ1n) is 7.67. The van der Waals surface area contributed by atoms with Crippen LogP contribution in [-0.4, -0.2) is 29.6 Å². The van der Waals surface area contributed by atoms with Crippen molar-refractivity contribution in [1.82, 2.24) is 5.32 Å². The lowest BCUT2D eigenvalue weighted by atomic mass is 10.1. The van der Waals surface area contributed by atoms with Crippen molar-refractivity contribution in [2.24, 2.45) is 0 Å². The summed E-state index contributed by atoms with van der Waals surface area (Å²) in [6.45, 7) is -0.0663. The number of carbonyl (C=O) groups is 2. The molecule has 0 aromatic heterocycles. The lowest BCUT2D eigenvalue weighted by Crippen LogP contribution is -2.40. The Morgan fingerprint density at radius 2 is 1.77 bits per heavy atom. The number of aliphatic carboxylic acids is 1. The maximum absolute atomic E-state index is 12.3. The Bertz CT molecular complexity index is 879. The number of carboxylic acids is 1. The number of nitrogens with one attached hydrogen (secondary N) is 1. The van der Waals surface area contributed by atoms with Gasteiger partial charge in [-0.1, -0.05) is 6.07 Å². The molecule has 0 heterocycles. The Morgan fingerprint density at radius 3 is 2.38 bits per heavy atom. The summed E-state index contributed by atoms with van der Waals surface area (Å²) in [6, 6.07) is 15.6. The normalized spacial score (nSPS) is 10.8. The fourth-order valence-electron chi connectivity index (χ4n) is 2.18. The fraction of sp³-hybridized carbons (Fsp3) is 0.158. The SMILES string of the molecule is N#Cc1ccc(C(=O)N[C@H](COc2cccc(C#N)c2)CC(=O)O)cc1. The Hall–Kier alpha value is -3.84. The number of nitrogens with zero attached hydrogens (tertiary/aromatic N) is 2. The predicted molar refractivity (Wildman–Crippen MR) is 91.3 cm³/mol. The molecule has 2 rings (SSSR count). The van der Waals surface area contributed by atoms with Gasteiger partial charge in [0.2, 0.25) is 0 Å². The van der Waals surface area contributed by atoms with Gasteiger partial charge in [-0.15, -0.1) is 0 Å². The fourth-order valence-corrected chi connectivity index (χ4v) is 2.18. The molecule has 2 N–H and O–H groups in total. The smallest absolute Gasteiger partial charge is 0.305 e. The molecule has 0 aliphatic carbocycles. The summed E-state index contributed by atoms with van der Waals surface area (Å²) < 4.78 is 5.51. The van der Waals surface area contributed by atoms with Crippen LogP contribution in [0.1, 0.15) is 27.9 Å². The number of carbonyl (C=O) groups excluding carboxylic acids is 1. The van der Waals surface area contributed by atoms with Gasteiger partial charge in [-0.25, -0.2) is 0 Å². The summed E-state index contributed by atoms with van der Waals surface area (Å²) in [7, 11) is 0. The van der Waals surface area contributed by atoms with E-state index in [4.69, 9.17) is 20.4 Å². The van der Waals surface area contributed by atoms with Gasteiger partial charge >= 0.3 is 5.97 Å². The van der Waals surface area contributed by atoms with Gasteiger partial charge < -0.3 is 15.2 Å². The molecule has 1 atom stereocenters. The average molecular weight is 349 g/mol. The summed E-state index contributed by atoms with van der Waals surface area (Å²) >= 11 is 0. The molecule has 7 heteroatoms. The molecule has 0 saturated heterocycles. The van der Waals surface area contributed by atoms with E-state index < -0.39 is 17.9 Å². The van der Waals surface area contributed by atoms with Crippen LogP contribution in [0.15, 0.2) is 48.5 Å². The topological polar surface area (TPSA) is 123 Å². The second kappa shape index (κ2) is 8.86. The van der Waals surface area contributed by atoms with E-state index >= 15 is 0 Å². The molecule has 0 radical (unpaired) electrons. The maximum atomic E-state index is 12.3. The third kappa shape index (κ3) is 5.36. The van der Waals surface area contributed by atoms with E-state index in [2.05, 4.69) is 5.32 Å². The summed E-state index contributed by atoms with van der Waals surface area (Å²) in [5.41, 5.74) is 1.15. The third-order valence-electron chi connectivity index (χ3n) is 3.45. The minimum absolute atomic E-state index is 0.0663. The molecule has 0 unspecified atom stereocenters. The number of amides is 1. The zero-order chi connectivity index (χ0) is 18.9. The van der Waals surface area contributed by atoms with Crippen LogP contribution in [0.4, 0.5) is 0 Å². The molecule has 0 spiro atoms. The van der Waals surface area contributed by atoms with Crippen molar-refractivity contribution in [3.63, 3.8) is 0 Å². The monoisotopic (exact) mass is 349 g/mol. The van der Waals surface area contributed by atoms with Crippen LogP contribution in [0, 0.1) is 22.7 Å². The number of benzene rings is 2. The number of nitriles is 2. The Labute approximate surface area is 150 Å². The van der Waals surface area contributed by atoms with E-state index in [9.17, 15) is 9.59 Å². The second-order valence-corrected chi connectivity index (χ2v) is 5.41. The summed E-state index contributed by atoms with van der Waals surface area (Å²) in [5, 5.41) is 29.3. The van der Waals surface area contributed by atoms with Gasteiger partial charge in [0.1, 0.15) is 12.4 Å². The van der Waals surface area contributed by atoms with Crippen molar-refractivity contribution >= 4 is 11.9 Å². The quantitative estimate of drug-likeness (QED) is 0.789. The standard InChI is InChI=1S/C19H15N3O4/c20-10-13-4-6-15(7-5-13)19(25)22-16(9-18(23)24)12-26-17-3-1-2-14(8-17)11-21/h1-8,16H,9,12H2,(H,22,25)(H,23,24)/t16-/m0/s1. The van der Waals surface area contributed by atoms with E-state index in [1.54, 1.807) is 18.2 Å². The number of hydrogen-bond acceptors (Lipinski definition) is 5. The molecule has 0 saturated carbocycles. The van der Waals surface area contributed by atoms with Crippen LogP contribution in [-0.2, 0) is 4.79 Å². The zero-order valence-corrected chi connectivity index (χ0v) is 13.7. The summed E-state index contributed by atoms with van der Waals surface area (Å²) in [5.74, 6) is -1.13. The number of hydrogen-bond donors (Lipinski definition) is 2. The Morgan fingerprint density at radius 1 is 1.08 bits per heavy atom.